The highest BCUT2D eigenvalue weighted by Crippen LogP contribution is 2.49. The van der Waals surface area contributed by atoms with E-state index >= 15 is 0 Å². The van der Waals surface area contributed by atoms with Gasteiger partial charge in [-0.1, -0.05) is 0 Å². The summed E-state index contributed by atoms with van der Waals surface area (Å²) < 4.78 is 85.0. The van der Waals surface area contributed by atoms with Gasteiger partial charge in [0.25, 0.3) is 10.1 Å². The van der Waals surface area contributed by atoms with Crippen LogP contribution in [0, 0.1) is 6.92 Å². The highest BCUT2D eigenvalue weighted by atomic mass is 32.2. The lowest BCUT2D eigenvalue weighted by atomic mass is 9.82. The first-order chi connectivity index (χ1) is 32.8. The molecule has 5 aliphatic rings. The molecule has 5 aliphatic heterocycles. The molecule has 0 saturated carbocycles. The van der Waals surface area contributed by atoms with E-state index in [1.54, 1.807) is 35.9 Å². The standard InChI is InChI=1S/C50H51N7O9S2/c1-30-50(59)57-29-41(52-28-43(57)54-30)31-12-14-34(15-13-31)65-24-6-11-44(58)51-18-19-53-67(60,61)35-16-17-42(68(62,63)64)38(27-35)45-39-25-32-7-2-20-55-22-4-9-36(46(32)55)48(39)66-49-37-10-5-23-56-21-3-8-33(47(37)56)26-40(45)49/h12-17,25-29,53H,2-11,18-24H2,1H3,(H2-,51,52,58,59,62,63,64)/p+1. The second-order valence-corrected chi connectivity index (χ2v) is 21.4. The topological polar surface area (TPSA) is 205 Å². The number of fused-ring (bicyclic) bond motifs is 5. The van der Waals surface area contributed by atoms with Gasteiger partial charge in [-0.05, 0) is 112 Å². The minimum absolute atomic E-state index is 0.0118. The van der Waals surface area contributed by atoms with Crippen molar-refractivity contribution in [3.8, 4) is 34.4 Å². The van der Waals surface area contributed by atoms with Crippen molar-refractivity contribution in [2.24, 2.45) is 0 Å². The second kappa shape index (κ2) is 17.3. The largest absolute Gasteiger partial charge is 0.494 e. The number of aromatic hydroxyl groups is 1. The van der Waals surface area contributed by atoms with Crippen molar-refractivity contribution in [3.05, 3.63) is 117 Å². The van der Waals surface area contributed by atoms with Crippen LogP contribution in [0.1, 0.15) is 77.6 Å². The molecule has 1 amide bonds. The normalized spacial score (nSPS) is 16.1. The van der Waals surface area contributed by atoms with Crippen LogP contribution in [0.4, 0.5) is 5.69 Å². The smallest absolute Gasteiger partial charge is 0.295 e. The number of ether oxygens (including phenoxy) is 2. The third kappa shape index (κ3) is 7.95. The molecule has 0 aliphatic carbocycles. The van der Waals surface area contributed by atoms with Crippen LogP contribution in [0.3, 0.4) is 0 Å². The summed E-state index contributed by atoms with van der Waals surface area (Å²) in [6, 6.07) is 15.2. The number of hydrogen-bond donors (Lipinski definition) is 4. The molecule has 68 heavy (non-hydrogen) atoms. The first-order valence-corrected chi connectivity index (χ1v) is 26.3. The van der Waals surface area contributed by atoms with Crippen LogP contribution >= 0.6 is 0 Å². The Morgan fingerprint density at radius 1 is 0.882 bits per heavy atom. The number of rotatable bonds is 13. The lowest BCUT2D eigenvalue weighted by Crippen LogP contribution is -2.45. The minimum atomic E-state index is -4.85. The molecule has 0 fully saturated rings. The highest BCUT2D eigenvalue weighted by Gasteiger charge is 2.37. The van der Waals surface area contributed by atoms with Gasteiger partial charge in [0.15, 0.2) is 5.65 Å². The molecule has 16 nitrogen and oxygen atoms in total. The number of sulfonamides is 1. The number of amides is 1. The molecular formula is C50H52N7O9S2+. The SMILES string of the molecule is Cc1nc2cnc(-c3ccc(OCCCC(=O)NCCNS(=O)(=O)c4ccc(S(=O)(=O)O)c(C5=c6cc7c8c(c6Oc6c5cc5c9c6CCCN9CCC5)CCC[N+]=8CCC7)c4)cc3)cn2c1O. The number of imidazole rings is 1. The maximum absolute atomic E-state index is 14.0. The predicted octanol–water partition coefficient (Wildman–Crippen LogP) is 4.35. The number of carbonyl (C=O) groups excluding carboxylic acids is 1. The lowest BCUT2D eigenvalue weighted by Gasteiger charge is -2.39. The number of anilines is 1. The van der Waals surface area contributed by atoms with Gasteiger partial charge in [-0.25, -0.2) is 22.7 Å². The molecule has 7 heterocycles. The van der Waals surface area contributed by atoms with E-state index in [9.17, 15) is 31.3 Å². The van der Waals surface area contributed by atoms with Gasteiger partial charge in [0.05, 0.1) is 29.0 Å². The number of aromatic nitrogens is 3. The molecule has 0 atom stereocenters. The first-order valence-electron chi connectivity index (χ1n) is 23.4. The van der Waals surface area contributed by atoms with Crippen molar-refractivity contribution in [2.75, 3.05) is 50.8 Å². The Morgan fingerprint density at radius 2 is 1.65 bits per heavy atom. The van der Waals surface area contributed by atoms with Crippen molar-refractivity contribution in [3.63, 3.8) is 0 Å². The van der Waals surface area contributed by atoms with Crippen molar-refractivity contribution in [1.82, 2.24) is 29.0 Å². The molecule has 352 valence electrons. The summed E-state index contributed by atoms with van der Waals surface area (Å²) >= 11 is 0. The van der Waals surface area contributed by atoms with Gasteiger partial charge >= 0.3 is 0 Å². The molecule has 0 spiro atoms. The summed E-state index contributed by atoms with van der Waals surface area (Å²) in [5.74, 6) is 1.74. The van der Waals surface area contributed by atoms with Crippen molar-refractivity contribution in [2.45, 2.75) is 80.9 Å². The number of nitrogens with one attached hydrogen (secondary N) is 2. The Balaban J connectivity index is 0.813. The Bertz CT molecular complexity index is 3440. The molecule has 0 radical (unpaired) electrons. The Labute approximate surface area is 393 Å². The zero-order chi connectivity index (χ0) is 46.9. The molecule has 2 aromatic heterocycles. The third-order valence-corrected chi connectivity index (χ3v) is 16.2. The van der Waals surface area contributed by atoms with E-state index in [-0.39, 0.29) is 48.4 Å². The van der Waals surface area contributed by atoms with Gasteiger partial charge in [-0.3, -0.25) is 18.7 Å². The molecule has 4 N–H and O–H groups in total. The summed E-state index contributed by atoms with van der Waals surface area (Å²) in [4.78, 5) is 23.3. The van der Waals surface area contributed by atoms with E-state index in [1.807, 2.05) is 12.1 Å². The average Bonchev–Trinajstić information content (AvgIpc) is 3.62. The molecule has 0 saturated heterocycles. The van der Waals surface area contributed by atoms with Gasteiger partial charge in [0.2, 0.25) is 27.2 Å². The zero-order valence-corrected chi connectivity index (χ0v) is 39.3. The number of benzene rings is 4. The van der Waals surface area contributed by atoms with Crippen LogP contribution in [-0.2, 0) is 50.6 Å². The fourth-order valence-electron chi connectivity index (χ4n) is 10.8. The molecule has 6 aromatic rings. The van der Waals surface area contributed by atoms with Crippen LogP contribution in [0.5, 0.6) is 23.1 Å². The van der Waals surface area contributed by atoms with E-state index in [0.717, 1.165) is 105 Å². The van der Waals surface area contributed by atoms with Crippen molar-refractivity contribution < 1.29 is 40.8 Å². The summed E-state index contributed by atoms with van der Waals surface area (Å²) in [5.41, 5.74) is 9.50. The summed E-state index contributed by atoms with van der Waals surface area (Å²) in [6.07, 6.45) is 11.0. The summed E-state index contributed by atoms with van der Waals surface area (Å²) in [5, 5.41) is 14.9. The Kier molecular flexibility index (Phi) is 11.3. The number of aryl methyl sites for hydroxylation is 3. The van der Waals surface area contributed by atoms with E-state index in [1.165, 1.54) is 29.2 Å². The number of hydrogen-bond acceptors (Lipinski definition) is 11. The number of nitrogens with zero attached hydrogens (tertiary/aromatic N) is 5. The number of carbonyl (C=O) groups is 1. The van der Waals surface area contributed by atoms with E-state index in [2.05, 4.69) is 41.6 Å². The van der Waals surface area contributed by atoms with E-state index in [0.29, 0.717) is 57.1 Å². The van der Waals surface area contributed by atoms with Crippen LogP contribution < -0.4 is 39.6 Å². The van der Waals surface area contributed by atoms with Gasteiger partial charge in [0.1, 0.15) is 40.9 Å². The molecule has 0 unspecified atom stereocenters. The predicted molar refractivity (Wildman–Crippen MR) is 254 cm³/mol. The molecule has 11 rings (SSSR count). The fourth-order valence-corrected chi connectivity index (χ4v) is 12.5. The van der Waals surface area contributed by atoms with Gasteiger partial charge in [0, 0.05) is 95.9 Å². The van der Waals surface area contributed by atoms with Crippen LogP contribution in [-0.4, -0.2) is 92.6 Å². The molecule has 18 heteroatoms. The lowest BCUT2D eigenvalue weighted by molar-refractivity contribution is -0.121. The average molecular weight is 959 g/mol. The highest BCUT2D eigenvalue weighted by molar-refractivity contribution is 7.89. The third-order valence-electron chi connectivity index (χ3n) is 13.9. The van der Waals surface area contributed by atoms with Gasteiger partial charge < -0.3 is 24.8 Å². The van der Waals surface area contributed by atoms with Crippen LogP contribution in [0.2, 0.25) is 0 Å². The van der Waals surface area contributed by atoms with Gasteiger partial charge in [-0.15, -0.1) is 0 Å². The molecule has 4 aromatic carbocycles. The van der Waals surface area contributed by atoms with Crippen molar-refractivity contribution in [1.29, 1.82) is 0 Å². The summed E-state index contributed by atoms with van der Waals surface area (Å²) in [7, 11) is -9.09. The molecule has 0 bridgehead atoms. The maximum atomic E-state index is 14.0. The van der Waals surface area contributed by atoms with Crippen LogP contribution in [0.25, 0.3) is 22.5 Å². The fraction of sp³-hybridized carbons (Fsp3) is 0.360. The van der Waals surface area contributed by atoms with E-state index in [4.69, 9.17) is 9.47 Å². The van der Waals surface area contributed by atoms with Gasteiger partial charge in [-0.2, -0.15) is 8.42 Å². The first kappa shape index (κ1) is 44.2. The Morgan fingerprint density at radius 3 is 2.46 bits per heavy atom. The molecular weight excluding hydrogens is 907 g/mol. The maximum Gasteiger partial charge on any atom is 0.295 e. The summed E-state index contributed by atoms with van der Waals surface area (Å²) in [6.45, 7) is 5.70. The minimum Gasteiger partial charge on any atom is -0.494 e. The Hall–Kier alpha value is -6.34. The van der Waals surface area contributed by atoms with Crippen LogP contribution in [0.15, 0.2) is 76.8 Å². The monoisotopic (exact) mass is 958 g/mol. The quantitative estimate of drug-likeness (QED) is 0.0724. The zero-order valence-electron chi connectivity index (χ0n) is 37.7. The van der Waals surface area contributed by atoms with E-state index < -0.39 is 25.0 Å². The second-order valence-electron chi connectivity index (χ2n) is 18.2. The van der Waals surface area contributed by atoms with Crippen molar-refractivity contribution >= 4 is 43.0 Å².